The second kappa shape index (κ2) is 7.66. The second-order valence-electron chi connectivity index (χ2n) is 5.92. The van der Waals surface area contributed by atoms with Crippen LogP contribution < -0.4 is 4.90 Å². The Balaban J connectivity index is 1.71. The SMILES string of the molecule is N#Cc1ccc(N2CCCN(C(=O)c3ccc(F)cc3)CC2)c(Br)c1. The molecule has 0 atom stereocenters. The number of benzene rings is 2. The standard InChI is InChI=1S/C19H17BrFN3O/c20-17-12-14(13-22)2-7-18(17)23-8-1-9-24(11-10-23)19(25)15-3-5-16(21)6-4-15/h2-7,12H,1,8-11H2. The lowest BCUT2D eigenvalue weighted by atomic mass is 10.2. The Hall–Kier alpha value is -2.39. The zero-order valence-corrected chi connectivity index (χ0v) is 15.2. The zero-order valence-electron chi connectivity index (χ0n) is 13.6. The summed E-state index contributed by atoms with van der Waals surface area (Å²) in [5.41, 5.74) is 2.14. The molecule has 1 saturated heterocycles. The third-order valence-electron chi connectivity index (χ3n) is 4.29. The normalized spacial score (nSPS) is 14.8. The van der Waals surface area contributed by atoms with Crippen LogP contribution in [0.25, 0.3) is 0 Å². The van der Waals surface area contributed by atoms with Gasteiger partial charge in [-0.1, -0.05) is 0 Å². The quantitative estimate of drug-likeness (QED) is 0.768. The molecule has 0 aromatic heterocycles. The van der Waals surface area contributed by atoms with Gasteiger partial charge < -0.3 is 9.80 Å². The van der Waals surface area contributed by atoms with Crippen molar-refractivity contribution >= 4 is 27.5 Å². The van der Waals surface area contributed by atoms with Crippen molar-refractivity contribution in [2.75, 3.05) is 31.1 Å². The third kappa shape index (κ3) is 3.99. The van der Waals surface area contributed by atoms with Gasteiger partial charge in [0.05, 0.1) is 17.3 Å². The highest BCUT2D eigenvalue weighted by Crippen LogP contribution is 2.28. The van der Waals surface area contributed by atoms with Gasteiger partial charge in [0.1, 0.15) is 5.82 Å². The first-order valence-electron chi connectivity index (χ1n) is 8.08. The van der Waals surface area contributed by atoms with Crippen molar-refractivity contribution in [3.05, 3.63) is 63.9 Å². The Kier molecular flexibility index (Phi) is 5.34. The van der Waals surface area contributed by atoms with Gasteiger partial charge in [0.2, 0.25) is 0 Å². The molecular formula is C19H17BrFN3O. The van der Waals surface area contributed by atoms with E-state index in [-0.39, 0.29) is 11.7 Å². The van der Waals surface area contributed by atoms with Gasteiger partial charge in [-0.05, 0) is 64.8 Å². The van der Waals surface area contributed by atoms with Crippen LogP contribution in [0.15, 0.2) is 46.9 Å². The highest BCUT2D eigenvalue weighted by molar-refractivity contribution is 9.10. The number of halogens is 2. The molecule has 2 aromatic carbocycles. The minimum atomic E-state index is -0.343. The molecular weight excluding hydrogens is 385 g/mol. The minimum absolute atomic E-state index is 0.0688. The molecule has 0 spiro atoms. The van der Waals surface area contributed by atoms with Gasteiger partial charge in [0.25, 0.3) is 5.91 Å². The molecule has 1 aliphatic rings. The van der Waals surface area contributed by atoms with E-state index in [9.17, 15) is 9.18 Å². The maximum atomic E-state index is 13.0. The van der Waals surface area contributed by atoms with Gasteiger partial charge >= 0.3 is 0 Å². The summed E-state index contributed by atoms with van der Waals surface area (Å²) in [4.78, 5) is 16.6. The first-order chi connectivity index (χ1) is 12.1. The maximum Gasteiger partial charge on any atom is 0.253 e. The molecule has 0 radical (unpaired) electrons. The number of hydrogen-bond donors (Lipinski definition) is 0. The molecule has 6 heteroatoms. The second-order valence-corrected chi connectivity index (χ2v) is 6.77. The predicted octanol–water partition coefficient (Wildman–Crippen LogP) is 3.81. The van der Waals surface area contributed by atoms with Gasteiger partial charge in [-0.25, -0.2) is 4.39 Å². The number of carbonyl (C=O) groups excluding carboxylic acids is 1. The van der Waals surface area contributed by atoms with Crippen molar-refractivity contribution in [3.8, 4) is 6.07 Å². The summed E-state index contributed by atoms with van der Waals surface area (Å²) >= 11 is 3.53. The summed E-state index contributed by atoms with van der Waals surface area (Å²) in [6, 6.07) is 13.3. The lowest BCUT2D eigenvalue weighted by Gasteiger charge is -2.25. The monoisotopic (exact) mass is 401 g/mol. The largest absolute Gasteiger partial charge is 0.369 e. The molecule has 0 N–H and O–H groups in total. The third-order valence-corrected chi connectivity index (χ3v) is 4.93. The van der Waals surface area contributed by atoms with Gasteiger partial charge in [-0.15, -0.1) is 0 Å². The van der Waals surface area contributed by atoms with Crippen molar-refractivity contribution in [3.63, 3.8) is 0 Å². The van der Waals surface area contributed by atoms with Crippen LogP contribution in [0.5, 0.6) is 0 Å². The molecule has 1 fully saturated rings. The average molecular weight is 402 g/mol. The fraction of sp³-hybridized carbons (Fsp3) is 0.263. The van der Waals surface area contributed by atoms with Crippen molar-refractivity contribution < 1.29 is 9.18 Å². The van der Waals surface area contributed by atoms with Gasteiger partial charge in [-0.3, -0.25) is 4.79 Å². The van der Waals surface area contributed by atoms with E-state index in [0.29, 0.717) is 30.8 Å². The lowest BCUT2D eigenvalue weighted by molar-refractivity contribution is 0.0767. The van der Waals surface area contributed by atoms with Crippen LogP contribution in [0, 0.1) is 17.1 Å². The molecule has 128 valence electrons. The molecule has 3 rings (SSSR count). The van der Waals surface area contributed by atoms with Crippen LogP contribution in [-0.2, 0) is 0 Å². The summed E-state index contributed by atoms with van der Waals surface area (Å²) in [5.74, 6) is -0.412. The Morgan fingerprint density at radius 1 is 1.08 bits per heavy atom. The number of amides is 1. The smallest absolute Gasteiger partial charge is 0.253 e. The van der Waals surface area contributed by atoms with Crippen LogP contribution in [-0.4, -0.2) is 37.0 Å². The van der Waals surface area contributed by atoms with Crippen molar-refractivity contribution in [2.24, 2.45) is 0 Å². The number of carbonyl (C=O) groups is 1. The molecule has 0 unspecified atom stereocenters. The van der Waals surface area contributed by atoms with Crippen molar-refractivity contribution in [1.29, 1.82) is 5.26 Å². The highest BCUT2D eigenvalue weighted by atomic mass is 79.9. The molecule has 0 aliphatic carbocycles. The molecule has 1 aliphatic heterocycles. The van der Waals surface area contributed by atoms with Crippen molar-refractivity contribution in [1.82, 2.24) is 4.90 Å². The lowest BCUT2D eigenvalue weighted by Crippen LogP contribution is -2.35. The van der Waals surface area contributed by atoms with E-state index in [0.717, 1.165) is 23.1 Å². The van der Waals surface area contributed by atoms with E-state index in [1.807, 2.05) is 17.0 Å². The zero-order chi connectivity index (χ0) is 17.8. The number of nitriles is 1. The van der Waals surface area contributed by atoms with Gasteiger partial charge in [-0.2, -0.15) is 5.26 Å². The topological polar surface area (TPSA) is 47.3 Å². The van der Waals surface area contributed by atoms with Crippen LogP contribution >= 0.6 is 15.9 Å². The fourth-order valence-electron chi connectivity index (χ4n) is 2.97. The Morgan fingerprint density at radius 2 is 1.84 bits per heavy atom. The van der Waals surface area contributed by atoms with E-state index in [2.05, 4.69) is 26.9 Å². The first kappa shape index (κ1) is 17.4. The maximum absolute atomic E-state index is 13.0. The Labute approximate surface area is 154 Å². The van der Waals surface area contributed by atoms with Crippen LogP contribution in [0.3, 0.4) is 0 Å². The molecule has 1 heterocycles. The number of nitrogens with zero attached hydrogens (tertiary/aromatic N) is 3. The summed E-state index contributed by atoms with van der Waals surface area (Å²) in [7, 11) is 0. The van der Waals surface area contributed by atoms with Crippen LogP contribution in [0.4, 0.5) is 10.1 Å². The van der Waals surface area contributed by atoms with Crippen LogP contribution in [0.2, 0.25) is 0 Å². The van der Waals surface area contributed by atoms with Gasteiger partial charge in [0, 0.05) is 36.2 Å². The fourth-order valence-corrected chi connectivity index (χ4v) is 3.60. The molecule has 0 saturated carbocycles. The van der Waals surface area contributed by atoms with E-state index in [1.165, 1.54) is 24.3 Å². The van der Waals surface area contributed by atoms with E-state index in [1.54, 1.807) is 6.07 Å². The van der Waals surface area contributed by atoms with Gasteiger partial charge in [0.15, 0.2) is 0 Å². The molecule has 1 amide bonds. The summed E-state index contributed by atoms with van der Waals surface area (Å²) in [5, 5.41) is 8.98. The molecule has 2 aromatic rings. The van der Waals surface area contributed by atoms with Crippen LogP contribution in [0.1, 0.15) is 22.3 Å². The van der Waals surface area contributed by atoms with E-state index >= 15 is 0 Å². The Bertz CT molecular complexity index is 816. The van der Waals surface area contributed by atoms with E-state index < -0.39 is 0 Å². The molecule has 4 nitrogen and oxygen atoms in total. The minimum Gasteiger partial charge on any atom is -0.369 e. The summed E-state index contributed by atoms with van der Waals surface area (Å²) < 4.78 is 13.9. The first-order valence-corrected chi connectivity index (χ1v) is 8.87. The predicted molar refractivity (Wildman–Crippen MR) is 98.0 cm³/mol. The number of hydrogen-bond acceptors (Lipinski definition) is 3. The highest BCUT2D eigenvalue weighted by Gasteiger charge is 2.21. The number of rotatable bonds is 2. The summed E-state index contributed by atoms with van der Waals surface area (Å²) in [6.07, 6.45) is 0.847. The average Bonchev–Trinajstić information content (AvgIpc) is 2.87. The van der Waals surface area contributed by atoms with E-state index in [4.69, 9.17) is 5.26 Å². The Morgan fingerprint density at radius 3 is 2.52 bits per heavy atom. The summed E-state index contributed by atoms with van der Waals surface area (Å²) in [6.45, 7) is 2.80. The molecule has 25 heavy (non-hydrogen) atoms. The molecule has 0 bridgehead atoms. The van der Waals surface area contributed by atoms with Crippen molar-refractivity contribution in [2.45, 2.75) is 6.42 Å². The number of anilines is 1.